The Bertz CT molecular complexity index is 1410. The highest BCUT2D eigenvalue weighted by molar-refractivity contribution is 6.02. The van der Waals surface area contributed by atoms with Crippen molar-refractivity contribution in [2.24, 2.45) is 0 Å². The molecule has 226 valence electrons. The van der Waals surface area contributed by atoms with Crippen molar-refractivity contribution >= 4 is 23.8 Å². The molecule has 1 fully saturated rings. The van der Waals surface area contributed by atoms with Crippen molar-refractivity contribution in [1.29, 1.82) is 0 Å². The fraction of sp³-hybridized carbons (Fsp3) is 0.312. The number of hydrogen-bond acceptors (Lipinski definition) is 8. The van der Waals surface area contributed by atoms with Gasteiger partial charge in [-0.1, -0.05) is 60.7 Å². The van der Waals surface area contributed by atoms with Gasteiger partial charge in [-0.15, -0.1) is 0 Å². The van der Waals surface area contributed by atoms with Crippen LogP contribution in [0, 0.1) is 0 Å². The molecule has 1 amide bonds. The molecule has 0 aliphatic carbocycles. The predicted molar refractivity (Wildman–Crippen MR) is 152 cm³/mol. The SMILES string of the molecule is COC(=O)C1(C(=O)O)OC[C@@H](C(=O)N(CC(=O)O)[C@H](C)[C@H](CCc2ccccc2)c2ccc(Oc3ccccc3)cc2)O1. The molecular formula is C32H33NO10. The highest BCUT2D eigenvalue weighted by Gasteiger charge is 2.59. The van der Waals surface area contributed by atoms with Crippen LogP contribution in [-0.4, -0.2) is 77.1 Å². The van der Waals surface area contributed by atoms with E-state index in [-0.39, 0.29) is 5.92 Å². The van der Waals surface area contributed by atoms with Crippen LogP contribution in [0.3, 0.4) is 0 Å². The van der Waals surface area contributed by atoms with E-state index in [1.165, 1.54) is 0 Å². The van der Waals surface area contributed by atoms with Crippen LogP contribution in [0.4, 0.5) is 0 Å². The smallest absolute Gasteiger partial charge is 0.379 e. The molecule has 0 aromatic heterocycles. The summed E-state index contributed by atoms with van der Waals surface area (Å²) in [6.07, 6.45) is -0.356. The third-order valence-corrected chi connectivity index (χ3v) is 7.29. The largest absolute Gasteiger partial charge is 0.480 e. The van der Waals surface area contributed by atoms with Gasteiger partial charge in [-0.2, -0.15) is 0 Å². The number of methoxy groups -OCH3 is 1. The second kappa shape index (κ2) is 14.0. The molecule has 43 heavy (non-hydrogen) atoms. The third-order valence-electron chi connectivity index (χ3n) is 7.29. The number of carbonyl (C=O) groups excluding carboxylic acids is 2. The molecule has 4 rings (SSSR count). The van der Waals surface area contributed by atoms with Crippen molar-refractivity contribution in [3.8, 4) is 11.5 Å². The monoisotopic (exact) mass is 591 g/mol. The highest BCUT2D eigenvalue weighted by Crippen LogP contribution is 2.33. The van der Waals surface area contributed by atoms with Crippen LogP contribution in [0.15, 0.2) is 84.9 Å². The number of carboxylic acid groups (broad SMARTS) is 2. The molecule has 0 radical (unpaired) electrons. The Morgan fingerprint density at radius 1 is 0.930 bits per heavy atom. The summed E-state index contributed by atoms with van der Waals surface area (Å²) in [5, 5.41) is 19.3. The average Bonchev–Trinajstić information content (AvgIpc) is 3.48. The first-order valence-electron chi connectivity index (χ1n) is 13.7. The zero-order valence-corrected chi connectivity index (χ0v) is 23.8. The number of nitrogens with zero attached hydrogens (tertiary/aromatic N) is 1. The molecule has 3 aromatic rings. The molecule has 1 unspecified atom stereocenters. The van der Waals surface area contributed by atoms with Gasteiger partial charge in [-0.05, 0) is 55.2 Å². The summed E-state index contributed by atoms with van der Waals surface area (Å²) >= 11 is 0. The van der Waals surface area contributed by atoms with E-state index < -0.39 is 54.9 Å². The minimum atomic E-state index is -2.82. The van der Waals surface area contributed by atoms with E-state index in [0.717, 1.165) is 23.1 Å². The van der Waals surface area contributed by atoms with E-state index in [1.807, 2.05) is 72.8 Å². The van der Waals surface area contributed by atoms with Gasteiger partial charge in [-0.3, -0.25) is 9.59 Å². The third kappa shape index (κ3) is 7.37. The summed E-state index contributed by atoms with van der Waals surface area (Å²) in [6.45, 7) is 0.462. The quantitative estimate of drug-likeness (QED) is 0.222. The summed E-state index contributed by atoms with van der Waals surface area (Å²) in [7, 11) is 0.960. The fourth-order valence-electron chi connectivity index (χ4n) is 5.06. The highest BCUT2D eigenvalue weighted by atomic mass is 16.8. The number of aliphatic carboxylic acids is 2. The summed E-state index contributed by atoms with van der Waals surface area (Å²) in [6, 6.07) is 25.7. The lowest BCUT2D eigenvalue weighted by Crippen LogP contribution is -2.52. The van der Waals surface area contributed by atoms with E-state index in [1.54, 1.807) is 19.1 Å². The van der Waals surface area contributed by atoms with Gasteiger partial charge in [0.15, 0.2) is 6.10 Å². The van der Waals surface area contributed by atoms with Crippen LogP contribution in [0.1, 0.15) is 30.4 Å². The summed E-state index contributed by atoms with van der Waals surface area (Å²) in [5.74, 6) is -7.12. The lowest BCUT2D eigenvalue weighted by atomic mass is 9.85. The molecule has 3 aromatic carbocycles. The van der Waals surface area contributed by atoms with Crippen molar-refractivity contribution in [3.05, 3.63) is 96.1 Å². The van der Waals surface area contributed by atoms with Crippen LogP contribution < -0.4 is 4.74 Å². The number of hydrogen-bond donors (Lipinski definition) is 2. The number of rotatable bonds is 13. The van der Waals surface area contributed by atoms with E-state index in [0.29, 0.717) is 24.3 Å². The Morgan fingerprint density at radius 3 is 2.12 bits per heavy atom. The maximum absolute atomic E-state index is 13.7. The van der Waals surface area contributed by atoms with Crippen LogP contribution in [0.2, 0.25) is 0 Å². The summed E-state index contributed by atoms with van der Waals surface area (Å²) < 4.78 is 20.9. The Hall–Kier alpha value is -4.74. The number of para-hydroxylation sites is 1. The number of aryl methyl sites for hydroxylation is 1. The Labute approximate surface area is 248 Å². The Kier molecular flexibility index (Phi) is 10.1. The summed E-state index contributed by atoms with van der Waals surface area (Å²) in [4.78, 5) is 50.8. The number of ether oxygens (including phenoxy) is 4. The first kappa shape index (κ1) is 31.2. The van der Waals surface area contributed by atoms with Crippen molar-refractivity contribution in [2.75, 3.05) is 20.3 Å². The first-order valence-corrected chi connectivity index (χ1v) is 13.7. The van der Waals surface area contributed by atoms with Gasteiger partial charge in [0.05, 0.1) is 13.7 Å². The molecule has 1 aliphatic heterocycles. The first-order chi connectivity index (χ1) is 20.6. The molecule has 0 saturated carbocycles. The van der Waals surface area contributed by atoms with Gasteiger partial charge in [0, 0.05) is 12.0 Å². The fourth-order valence-corrected chi connectivity index (χ4v) is 5.06. The Balaban J connectivity index is 1.62. The molecule has 11 heteroatoms. The molecule has 1 saturated heterocycles. The van der Waals surface area contributed by atoms with Gasteiger partial charge in [0.25, 0.3) is 5.91 Å². The maximum atomic E-state index is 13.7. The van der Waals surface area contributed by atoms with Crippen LogP contribution in [-0.2, 0) is 39.8 Å². The van der Waals surface area contributed by atoms with Gasteiger partial charge in [0.1, 0.15) is 18.0 Å². The van der Waals surface area contributed by atoms with Crippen LogP contribution in [0.25, 0.3) is 0 Å². The average molecular weight is 592 g/mol. The molecule has 2 N–H and O–H groups in total. The minimum absolute atomic E-state index is 0.346. The lowest BCUT2D eigenvalue weighted by molar-refractivity contribution is -0.220. The molecule has 0 spiro atoms. The second-order valence-electron chi connectivity index (χ2n) is 10.0. The van der Waals surface area contributed by atoms with E-state index in [2.05, 4.69) is 4.74 Å². The predicted octanol–water partition coefficient (Wildman–Crippen LogP) is 3.87. The van der Waals surface area contributed by atoms with E-state index in [4.69, 9.17) is 14.2 Å². The van der Waals surface area contributed by atoms with Gasteiger partial charge >= 0.3 is 23.7 Å². The van der Waals surface area contributed by atoms with Gasteiger partial charge in [0.2, 0.25) is 0 Å². The Morgan fingerprint density at radius 2 is 1.53 bits per heavy atom. The van der Waals surface area contributed by atoms with Crippen LogP contribution in [0.5, 0.6) is 11.5 Å². The van der Waals surface area contributed by atoms with E-state index >= 15 is 0 Å². The molecule has 4 atom stereocenters. The number of carboxylic acids is 2. The lowest BCUT2D eigenvalue weighted by Gasteiger charge is -2.35. The van der Waals surface area contributed by atoms with E-state index in [9.17, 15) is 29.4 Å². The van der Waals surface area contributed by atoms with Crippen molar-refractivity contribution < 1.29 is 48.3 Å². The molecule has 0 bridgehead atoms. The van der Waals surface area contributed by atoms with Gasteiger partial charge < -0.3 is 34.1 Å². The van der Waals surface area contributed by atoms with Crippen molar-refractivity contribution in [1.82, 2.24) is 4.90 Å². The number of esters is 1. The van der Waals surface area contributed by atoms with Gasteiger partial charge in [-0.25, -0.2) is 9.59 Å². The maximum Gasteiger partial charge on any atom is 0.379 e. The zero-order valence-electron chi connectivity index (χ0n) is 23.8. The normalized spacial score (nSPS) is 19.2. The molecule has 1 aliphatic rings. The van der Waals surface area contributed by atoms with Crippen LogP contribution >= 0.6 is 0 Å². The molecule has 1 heterocycles. The topological polar surface area (TPSA) is 149 Å². The number of benzene rings is 3. The minimum Gasteiger partial charge on any atom is -0.480 e. The van der Waals surface area contributed by atoms with Crippen molar-refractivity contribution in [2.45, 2.75) is 43.6 Å². The second-order valence-corrected chi connectivity index (χ2v) is 10.0. The number of carbonyl (C=O) groups is 4. The number of amides is 1. The molecule has 11 nitrogen and oxygen atoms in total. The molecular weight excluding hydrogens is 558 g/mol. The zero-order chi connectivity index (χ0) is 31.0. The summed E-state index contributed by atoms with van der Waals surface area (Å²) in [5.41, 5.74) is 1.90. The van der Waals surface area contributed by atoms with Crippen molar-refractivity contribution in [3.63, 3.8) is 0 Å². The standard InChI is InChI=1S/C32H33NO10/c1-21(33(19-28(34)35)29(36)27-20-41-32(43-27,30(37)38)31(39)40-2)26(18-13-22-9-5-3-6-10-22)23-14-16-25(17-15-23)42-24-11-7-4-8-12-24/h3-12,14-17,21,26-27H,13,18-20H2,1-2H3,(H,34,35)(H,37,38)/t21-,26+,27+,32?/m1/s1.